The molecule has 0 amide bonds. The van der Waals surface area contributed by atoms with Crippen LogP contribution in [0.1, 0.15) is 63.4 Å². The maximum absolute atomic E-state index is 10.3. The summed E-state index contributed by atoms with van der Waals surface area (Å²) in [6.45, 7) is 0. The van der Waals surface area contributed by atoms with E-state index in [1.165, 1.54) is 24.8 Å². The van der Waals surface area contributed by atoms with Crippen molar-refractivity contribution in [3.05, 3.63) is 48.0 Å². The lowest BCUT2D eigenvalue weighted by atomic mass is 10.1. The topological polar surface area (TPSA) is 37.3 Å². The molecule has 0 aromatic heterocycles. The number of allylic oxidation sites excluding steroid dienone is 2. The number of carboxylic acids is 1. The highest BCUT2D eigenvalue weighted by atomic mass is 16.4. The number of benzene rings is 1. The van der Waals surface area contributed by atoms with E-state index in [0.29, 0.717) is 6.42 Å². The molecule has 0 fully saturated rings. The van der Waals surface area contributed by atoms with Gasteiger partial charge in [0.15, 0.2) is 0 Å². The second-order valence-electron chi connectivity index (χ2n) is 5.55. The first-order chi connectivity index (χ1) is 10.3. The van der Waals surface area contributed by atoms with Crippen LogP contribution in [0.2, 0.25) is 0 Å². The maximum atomic E-state index is 10.3. The smallest absolute Gasteiger partial charge is 0.303 e. The molecule has 0 unspecified atom stereocenters. The van der Waals surface area contributed by atoms with Gasteiger partial charge in [-0.2, -0.15) is 0 Å². The molecule has 0 atom stereocenters. The van der Waals surface area contributed by atoms with Gasteiger partial charge in [-0.15, -0.1) is 0 Å². The average molecular weight is 288 g/mol. The largest absolute Gasteiger partial charge is 0.481 e. The zero-order valence-electron chi connectivity index (χ0n) is 13.0. The SMILES string of the molecule is O=C(O)CCCCCCCC=CCCCc1ccccc1. The first kappa shape index (κ1) is 17.5. The number of unbranched alkanes of at least 4 members (excludes halogenated alkanes) is 6. The van der Waals surface area contributed by atoms with E-state index >= 15 is 0 Å². The molecule has 0 aliphatic carbocycles. The first-order valence-corrected chi connectivity index (χ1v) is 8.20. The lowest BCUT2D eigenvalue weighted by Crippen LogP contribution is -1.93. The molecule has 1 N–H and O–H groups in total. The summed E-state index contributed by atoms with van der Waals surface area (Å²) in [4.78, 5) is 10.3. The van der Waals surface area contributed by atoms with Crippen molar-refractivity contribution in [1.82, 2.24) is 0 Å². The van der Waals surface area contributed by atoms with Gasteiger partial charge in [0.1, 0.15) is 0 Å². The van der Waals surface area contributed by atoms with Crippen molar-refractivity contribution in [2.45, 2.75) is 64.2 Å². The van der Waals surface area contributed by atoms with Gasteiger partial charge in [0, 0.05) is 6.42 Å². The van der Waals surface area contributed by atoms with Crippen LogP contribution in [0.15, 0.2) is 42.5 Å². The molecule has 21 heavy (non-hydrogen) atoms. The van der Waals surface area contributed by atoms with Crippen molar-refractivity contribution in [3.63, 3.8) is 0 Å². The second-order valence-corrected chi connectivity index (χ2v) is 5.55. The van der Waals surface area contributed by atoms with Gasteiger partial charge in [0.2, 0.25) is 0 Å². The van der Waals surface area contributed by atoms with Crippen molar-refractivity contribution >= 4 is 5.97 Å². The predicted molar refractivity (Wildman–Crippen MR) is 88.5 cm³/mol. The van der Waals surface area contributed by atoms with E-state index in [-0.39, 0.29) is 0 Å². The standard InChI is InChI=1S/C19H28O2/c20-19(21)17-13-8-6-4-2-1-3-5-7-10-14-18-15-11-9-12-16-18/h3,5,9,11-12,15-16H,1-2,4,6-8,10,13-14,17H2,(H,20,21). The summed E-state index contributed by atoms with van der Waals surface area (Å²) in [7, 11) is 0. The fraction of sp³-hybridized carbons (Fsp3) is 0.526. The first-order valence-electron chi connectivity index (χ1n) is 8.20. The summed E-state index contributed by atoms with van der Waals surface area (Å²) >= 11 is 0. The molecule has 116 valence electrons. The molecule has 2 heteroatoms. The molecule has 1 rings (SSSR count). The summed E-state index contributed by atoms with van der Waals surface area (Å²) in [5, 5.41) is 8.52. The van der Waals surface area contributed by atoms with Gasteiger partial charge in [0.25, 0.3) is 0 Å². The monoisotopic (exact) mass is 288 g/mol. The Kier molecular flexibility index (Phi) is 10.1. The van der Waals surface area contributed by atoms with Crippen molar-refractivity contribution < 1.29 is 9.90 Å². The van der Waals surface area contributed by atoms with Gasteiger partial charge >= 0.3 is 5.97 Å². The van der Waals surface area contributed by atoms with Crippen molar-refractivity contribution in [2.75, 3.05) is 0 Å². The number of hydrogen-bond donors (Lipinski definition) is 1. The Bertz CT molecular complexity index is 395. The molecule has 0 aliphatic rings. The molecule has 0 saturated heterocycles. The van der Waals surface area contributed by atoms with Crippen LogP contribution in [0.3, 0.4) is 0 Å². The molecular weight excluding hydrogens is 260 g/mol. The second kappa shape index (κ2) is 12.2. The molecule has 1 aromatic carbocycles. The minimum absolute atomic E-state index is 0.321. The molecule has 0 aliphatic heterocycles. The van der Waals surface area contributed by atoms with E-state index in [1.54, 1.807) is 0 Å². The van der Waals surface area contributed by atoms with Gasteiger partial charge < -0.3 is 5.11 Å². The summed E-state index contributed by atoms with van der Waals surface area (Å²) in [5.74, 6) is -0.673. The van der Waals surface area contributed by atoms with Crippen molar-refractivity contribution in [2.24, 2.45) is 0 Å². The highest BCUT2D eigenvalue weighted by Gasteiger charge is 1.95. The third-order valence-corrected chi connectivity index (χ3v) is 3.61. The zero-order chi connectivity index (χ0) is 15.2. The Morgan fingerprint density at radius 3 is 2.19 bits per heavy atom. The number of aliphatic carboxylic acids is 1. The molecule has 2 nitrogen and oxygen atoms in total. The minimum atomic E-state index is -0.673. The predicted octanol–water partition coefficient (Wildman–Crippen LogP) is 5.38. The molecule has 1 aromatic rings. The fourth-order valence-corrected chi connectivity index (χ4v) is 2.37. The Morgan fingerprint density at radius 1 is 0.857 bits per heavy atom. The van der Waals surface area contributed by atoms with Crippen LogP contribution in [0.4, 0.5) is 0 Å². The number of rotatable bonds is 12. The van der Waals surface area contributed by atoms with Crippen LogP contribution in [0.5, 0.6) is 0 Å². The quantitative estimate of drug-likeness (QED) is 0.414. The van der Waals surface area contributed by atoms with E-state index in [1.807, 2.05) is 0 Å². The third-order valence-electron chi connectivity index (χ3n) is 3.61. The van der Waals surface area contributed by atoms with E-state index in [2.05, 4.69) is 42.5 Å². The normalized spacial score (nSPS) is 11.0. The summed E-state index contributed by atoms with van der Waals surface area (Å²) < 4.78 is 0. The van der Waals surface area contributed by atoms with Gasteiger partial charge in [0.05, 0.1) is 0 Å². The highest BCUT2D eigenvalue weighted by molar-refractivity contribution is 5.66. The maximum Gasteiger partial charge on any atom is 0.303 e. The van der Waals surface area contributed by atoms with Gasteiger partial charge in [-0.05, 0) is 44.1 Å². The average Bonchev–Trinajstić information content (AvgIpc) is 2.49. The number of carbonyl (C=O) groups is 1. The summed E-state index contributed by atoms with van der Waals surface area (Å²) in [6, 6.07) is 10.6. The molecule has 0 saturated carbocycles. The lowest BCUT2D eigenvalue weighted by Gasteiger charge is -1.99. The fourth-order valence-electron chi connectivity index (χ4n) is 2.37. The van der Waals surface area contributed by atoms with E-state index in [9.17, 15) is 4.79 Å². The van der Waals surface area contributed by atoms with Gasteiger partial charge in [-0.25, -0.2) is 0 Å². The van der Waals surface area contributed by atoms with Crippen LogP contribution in [-0.4, -0.2) is 11.1 Å². The van der Waals surface area contributed by atoms with Crippen LogP contribution >= 0.6 is 0 Å². The number of carboxylic acid groups (broad SMARTS) is 1. The Morgan fingerprint density at radius 2 is 1.48 bits per heavy atom. The lowest BCUT2D eigenvalue weighted by molar-refractivity contribution is -0.137. The minimum Gasteiger partial charge on any atom is -0.481 e. The Labute approximate surface area is 128 Å². The van der Waals surface area contributed by atoms with Crippen LogP contribution in [0.25, 0.3) is 0 Å². The van der Waals surface area contributed by atoms with Gasteiger partial charge in [-0.1, -0.05) is 61.7 Å². The van der Waals surface area contributed by atoms with Gasteiger partial charge in [-0.3, -0.25) is 4.79 Å². The Balaban J connectivity index is 1.86. The molecule has 0 heterocycles. The molecule has 0 bridgehead atoms. The third kappa shape index (κ3) is 10.8. The van der Waals surface area contributed by atoms with Crippen LogP contribution in [-0.2, 0) is 11.2 Å². The van der Waals surface area contributed by atoms with Crippen molar-refractivity contribution in [3.8, 4) is 0 Å². The molecular formula is C19H28O2. The summed E-state index contributed by atoms with van der Waals surface area (Å²) in [5.41, 5.74) is 1.42. The van der Waals surface area contributed by atoms with E-state index in [4.69, 9.17) is 5.11 Å². The molecule has 0 radical (unpaired) electrons. The number of hydrogen-bond acceptors (Lipinski definition) is 1. The molecule has 0 spiro atoms. The number of aryl methyl sites for hydroxylation is 1. The van der Waals surface area contributed by atoms with E-state index in [0.717, 1.165) is 38.5 Å². The summed E-state index contributed by atoms with van der Waals surface area (Å²) in [6.07, 6.45) is 15.1. The Hall–Kier alpha value is -1.57. The highest BCUT2D eigenvalue weighted by Crippen LogP contribution is 2.09. The van der Waals surface area contributed by atoms with Crippen molar-refractivity contribution in [1.29, 1.82) is 0 Å². The van der Waals surface area contributed by atoms with E-state index < -0.39 is 5.97 Å². The van der Waals surface area contributed by atoms with Crippen LogP contribution in [0, 0.1) is 0 Å². The zero-order valence-corrected chi connectivity index (χ0v) is 13.0. The van der Waals surface area contributed by atoms with Crippen LogP contribution < -0.4 is 0 Å².